The lowest BCUT2D eigenvalue weighted by molar-refractivity contribution is 0.0514. The van der Waals surface area contributed by atoms with Gasteiger partial charge in [0.1, 0.15) is 17.3 Å². The number of carbonyl (C=O) groups excluding carboxylic acids is 1. The highest BCUT2D eigenvalue weighted by atomic mass is 35.5. The molecule has 8 nitrogen and oxygen atoms in total. The maximum atomic E-state index is 13.5. The van der Waals surface area contributed by atoms with Gasteiger partial charge in [0.25, 0.3) is 5.91 Å². The summed E-state index contributed by atoms with van der Waals surface area (Å²) in [6.07, 6.45) is 6.26. The van der Waals surface area contributed by atoms with Gasteiger partial charge in [-0.3, -0.25) is 4.79 Å². The number of nitrogens with zero attached hydrogens (tertiary/aromatic N) is 4. The summed E-state index contributed by atoms with van der Waals surface area (Å²) in [7, 11) is 1.78. The van der Waals surface area contributed by atoms with Gasteiger partial charge >= 0.3 is 0 Å². The summed E-state index contributed by atoms with van der Waals surface area (Å²) in [5, 5.41) is 17.3. The Morgan fingerprint density at radius 2 is 1.97 bits per heavy atom. The van der Waals surface area contributed by atoms with Crippen molar-refractivity contribution in [3.8, 4) is 0 Å². The SMILES string of the molecule is Cn1cnc(C2CC3CC(O)(CNc4ccnc(Cl)n4)CC3C2)c1C(=O)Nc1ccc(F)c(Cl)c1. The van der Waals surface area contributed by atoms with E-state index >= 15 is 0 Å². The minimum absolute atomic E-state index is 0.0542. The van der Waals surface area contributed by atoms with Crippen LogP contribution in [0.4, 0.5) is 15.9 Å². The van der Waals surface area contributed by atoms with Crippen molar-refractivity contribution in [2.75, 3.05) is 17.2 Å². The smallest absolute Gasteiger partial charge is 0.274 e. The van der Waals surface area contributed by atoms with E-state index in [1.54, 1.807) is 30.2 Å². The van der Waals surface area contributed by atoms with Crippen molar-refractivity contribution in [3.05, 3.63) is 64.3 Å². The number of nitrogens with one attached hydrogen (secondary N) is 2. The average Bonchev–Trinajstić information content (AvgIpc) is 3.46. The predicted molar refractivity (Wildman–Crippen MR) is 131 cm³/mol. The van der Waals surface area contributed by atoms with E-state index in [0.717, 1.165) is 18.5 Å². The predicted octanol–water partition coefficient (Wildman–Crippen LogP) is 4.66. The van der Waals surface area contributed by atoms with Crippen LogP contribution in [0.2, 0.25) is 10.3 Å². The number of aromatic nitrogens is 4. The molecule has 3 N–H and O–H groups in total. The number of hydrogen-bond donors (Lipinski definition) is 3. The van der Waals surface area contributed by atoms with E-state index in [4.69, 9.17) is 23.2 Å². The Labute approximate surface area is 211 Å². The summed E-state index contributed by atoms with van der Waals surface area (Å²) in [5.41, 5.74) is 0.821. The molecular weight excluding hydrogens is 494 g/mol. The van der Waals surface area contributed by atoms with Gasteiger partial charge in [-0.25, -0.2) is 19.3 Å². The topological polar surface area (TPSA) is 105 Å². The van der Waals surface area contributed by atoms with Crippen LogP contribution in [0.1, 0.15) is 47.8 Å². The Balaban J connectivity index is 1.24. The van der Waals surface area contributed by atoms with Crippen LogP contribution in [0.3, 0.4) is 0 Å². The first-order valence-electron chi connectivity index (χ1n) is 11.4. The third-order valence-electron chi connectivity index (χ3n) is 7.09. The van der Waals surface area contributed by atoms with Crippen LogP contribution in [-0.2, 0) is 7.05 Å². The summed E-state index contributed by atoms with van der Waals surface area (Å²) < 4.78 is 15.2. The second kappa shape index (κ2) is 9.37. The van der Waals surface area contributed by atoms with E-state index in [9.17, 15) is 14.3 Å². The minimum Gasteiger partial charge on any atom is -0.388 e. The van der Waals surface area contributed by atoms with E-state index in [0.29, 0.717) is 48.4 Å². The number of hydrogen-bond acceptors (Lipinski definition) is 6. The molecule has 0 radical (unpaired) electrons. The second-order valence-corrected chi connectivity index (χ2v) is 10.3. The fraction of sp³-hybridized carbons (Fsp3) is 0.417. The molecule has 1 aromatic carbocycles. The van der Waals surface area contributed by atoms with Crippen LogP contribution in [0.25, 0.3) is 0 Å². The first-order valence-corrected chi connectivity index (χ1v) is 12.2. The first kappa shape index (κ1) is 24.0. The number of benzene rings is 1. The summed E-state index contributed by atoms with van der Waals surface area (Å²) >= 11 is 11.7. The van der Waals surface area contributed by atoms with Crippen LogP contribution in [0, 0.1) is 17.7 Å². The molecule has 35 heavy (non-hydrogen) atoms. The van der Waals surface area contributed by atoms with Crippen LogP contribution in [-0.4, -0.2) is 42.7 Å². The van der Waals surface area contributed by atoms with E-state index in [1.165, 1.54) is 18.2 Å². The lowest BCUT2D eigenvalue weighted by Crippen LogP contribution is -2.35. The summed E-state index contributed by atoms with van der Waals surface area (Å²) in [5.74, 6) is 0.537. The van der Waals surface area contributed by atoms with Crippen molar-refractivity contribution in [3.63, 3.8) is 0 Å². The van der Waals surface area contributed by atoms with Crippen molar-refractivity contribution in [2.45, 2.75) is 37.2 Å². The molecule has 2 fully saturated rings. The summed E-state index contributed by atoms with van der Waals surface area (Å²) in [6.45, 7) is 0.384. The Hall–Kier alpha value is -2.75. The number of imidazole rings is 1. The van der Waals surface area contributed by atoms with Crippen LogP contribution in [0.5, 0.6) is 0 Å². The highest BCUT2D eigenvalue weighted by Crippen LogP contribution is 2.54. The lowest BCUT2D eigenvalue weighted by atomic mass is 9.92. The molecule has 2 unspecified atom stereocenters. The molecule has 1 amide bonds. The minimum atomic E-state index is -0.829. The van der Waals surface area contributed by atoms with E-state index in [2.05, 4.69) is 25.6 Å². The third kappa shape index (κ3) is 4.98. The zero-order valence-corrected chi connectivity index (χ0v) is 20.5. The zero-order valence-electron chi connectivity index (χ0n) is 19.0. The van der Waals surface area contributed by atoms with Crippen LogP contribution >= 0.6 is 23.2 Å². The quantitative estimate of drug-likeness (QED) is 0.410. The molecule has 2 heterocycles. The maximum absolute atomic E-state index is 13.5. The molecule has 5 rings (SSSR count). The van der Waals surface area contributed by atoms with Crippen LogP contribution in [0.15, 0.2) is 36.8 Å². The number of carbonyl (C=O) groups is 1. The zero-order chi connectivity index (χ0) is 24.7. The largest absolute Gasteiger partial charge is 0.388 e. The van der Waals surface area contributed by atoms with E-state index in [-0.39, 0.29) is 22.1 Å². The van der Waals surface area contributed by atoms with Crippen molar-refractivity contribution in [1.82, 2.24) is 19.5 Å². The fourth-order valence-corrected chi connectivity index (χ4v) is 5.94. The Morgan fingerprint density at radius 1 is 1.23 bits per heavy atom. The number of amides is 1. The molecule has 0 bridgehead atoms. The molecule has 2 saturated carbocycles. The molecule has 2 aliphatic carbocycles. The van der Waals surface area contributed by atoms with Crippen molar-refractivity contribution >= 4 is 40.6 Å². The van der Waals surface area contributed by atoms with E-state index < -0.39 is 11.4 Å². The van der Waals surface area contributed by atoms with Gasteiger partial charge in [0, 0.05) is 31.4 Å². The van der Waals surface area contributed by atoms with Gasteiger partial charge in [-0.05, 0) is 73.4 Å². The molecular formula is C24H25Cl2FN6O2. The lowest BCUT2D eigenvalue weighted by Gasteiger charge is -2.25. The van der Waals surface area contributed by atoms with Gasteiger partial charge in [-0.2, -0.15) is 0 Å². The molecule has 2 aliphatic rings. The van der Waals surface area contributed by atoms with Crippen LogP contribution < -0.4 is 10.6 Å². The van der Waals surface area contributed by atoms with Gasteiger partial charge in [-0.1, -0.05) is 11.6 Å². The first-order chi connectivity index (χ1) is 16.7. The highest BCUT2D eigenvalue weighted by Gasteiger charge is 2.49. The average molecular weight is 519 g/mol. The van der Waals surface area contributed by atoms with E-state index in [1.807, 2.05) is 0 Å². The van der Waals surface area contributed by atoms with Crippen molar-refractivity contribution < 1.29 is 14.3 Å². The molecule has 3 aromatic rings. The molecule has 11 heteroatoms. The summed E-state index contributed by atoms with van der Waals surface area (Å²) in [6, 6.07) is 5.79. The number of fused-ring (bicyclic) bond motifs is 1. The molecule has 184 valence electrons. The number of rotatable bonds is 6. The number of halogens is 3. The fourth-order valence-electron chi connectivity index (χ4n) is 5.62. The highest BCUT2D eigenvalue weighted by molar-refractivity contribution is 6.31. The molecule has 0 aliphatic heterocycles. The number of aryl methyl sites for hydroxylation is 1. The maximum Gasteiger partial charge on any atom is 0.274 e. The summed E-state index contributed by atoms with van der Waals surface area (Å²) in [4.78, 5) is 25.6. The number of aliphatic hydroxyl groups is 1. The molecule has 0 spiro atoms. The molecule has 2 aromatic heterocycles. The van der Waals surface area contributed by atoms with Crippen molar-refractivity contribution in [1.29, 1.82) is 0 Å². The van der Waals surface area contributed by atoms with Gasteiger partial charge in [0.2, 0.25) is 5.28 Å². The monoisotopic (exact) mass is 518 g/mol. The third-order valence-corrected chi connectivity index (χ3v) is 7.57. The molecule has 2 atom stereocenters. The van der Waals surface area contributed by atoms with Gasteiger partial charge < -0.3 is 20.3 Å². The molecule has 0 saturated heterocycles. The van der Waals surface area contributed by atoms with Gasteiger partial charge in [0.05, 0.1) is 22.6 Å². The second-order valence-electron chi connectivity index (χ2n) is 9.56. The Kier molecular flexibility index (Phi) is 6.41. The number of anilines is 2. The Bertz CT molecular complexity index is 1250. The van der Waals surface area contributed by atoms with Crippen molar-refractivity contribution in [2.24, 2.45) is 18.9 Å². The normalized spacial score (nSPS) is 25.5. The standard InChI is InChI=1S/C24H25Cl2FN6O2/c1-33-12-30-20(21(33)22(34)31-16-2-3-18(27)17(25)8-16)13-6-14-9-24(35,10-15(14)7-13)11-29-19-4-5-28-23(26)32-19/h2-5,8,12-15,35H,6-7,9-11H2,1H3,(H,31,34)(H,28,29,32). The van der Waals surface area contributed by atoms with Gasteiger partial charge in [0.15, 0.2) is 0 Å². The van der Waals surface area contributed by atoms with Gasteiger partial charge in [-0.15, -0.1) is 0 Å². The Morgan fingerprint density at radius 3 is 2.66 bits per heavy atom.